The van der Waals surface area contributed by atoms with E-state index in [1.807, 2.05) is 19.9 Å². The molecule has 19 heavy (non-hydrogen) atoms. The molecule has 0 amide bonds. The Balaban J connectivity index is 2.06. The molecule has 0 fully saturated rings. The molecule has 0 saturated heterocycles. The van der Waals surface area contributed by atoms with Gasteiger partial charge in [-0.05, 0) is 30.5 Å². The van der Waals surface area contributed by atoms with Crippen LogP contribution in [0.25, 0.3) is 11.1 Å². The first kappa shape index (κ1) is 13.4. The van der Waals surface area contributed by atoms with Crippen molar-refractivity contribution in [2.24, 2.45) is 0 Å². The number of terminal acetylenes is 1. The molecule has 0 spiro atoms. The van der Waals surface area contributed by atoms with E-state index in [1.165, 1.54) is 16.7 Å². The molecule has 0 radical (unpaired) electrons. The summed E-state index contributed by atoms with van der Waals surface area (Å²) >= 11 is 0. The Bertz CT molecular complexity index is 559. The van der Waals surface area contributed by atoms with Gasteiger partial charge in [0.25, 0.3) is 0 Å². The maximum Gasteiger partial charge on any atom is 0.0743 e. The van der Waals surface area contributed by atoms with Crippen LogP contribution >= 0.6 is 0 Å². The lowest BCUT2D eigenvalue weighted by molar-refractivity contribution is 0.491. The molecule has 1 heteroatoms. The average Bonchev–Trinajstić information content (AvgIpc) is 2.47. The molecule has 2 rings (SSSR count). The van der Waals surface area contributed by atoms with Crippen LogP contribution in [-0.4, -0.2) is 5.54 Å². The van der Waals surface area contributed by atoms with Crippen molar-refractivity contribution < 1.29 is 0 Å². The van der Waals surface area contributed by atoms with E-state index in [4.69, 9.17) is 6.42 Å². The zero-order valence-corrected chi connectivity index (χ0v) is 11.5. The maximum absolute atomic E-state index is 5.46. The van der Waals surface area contributed by atoms with Gasteiger partial charge in [-0.1, -0.05) is 60.5 Å². The summed E-state index contributed by atoms with van der Waals surface area (Å²) in [5.74, 6) is 2.74. The van der Waals surface area contributed by atoms with Gasteiger partial charge in [0.1, 0.15) is 0 Å². The fourth-order valence-corrected chi connectivity index (χ4v) is 1.82. The van der Waals surface area contributed by atoms with Crippen LogP contribution in [0, 0.1) is 12.3 Å². The van der Waals surface area contributed by atoms with Crippen LogP contribution < -0.4 is 5.32 Å². The van der Waals surface area contributed by atoms with Crippen LogP contribution in [0.3, 0.4) is 0 Å². The Morgan fingerprint density at radius 1 is 0.947 bits per heavy atom. The molecule has 0 aromatic heterocycles. The molecule has 0 unspecified atom stereocenters. The van der Waals surface area contributed by atoms with Gasteiger partial charge in [0.05, 0.1) is 5.54 Å². The fraction of sp³-hybridized carbons (Fsp3) is 0.222. The summed E-state index contributed by atoms with van der Waals surface area (Å²) in [5.41, 5.74) is 3.45. The molecular formula is C18H19N. The standard InChI is InChI=1S/C18H19N/c1-4-18(2,3)19-14-15-10-12-17(13-11-15)16-8-6-5-7-9-16/h1,5-13,19H,14H2,2-3H3. The molecule has 0 atom stereocenters. The van der Waals surface area contributed by atoms with Crippen molar-refractivity contribution in [3.63, 3.8) is 0 Å². The molecule has 2 aromatic carbocycles. The number of nitrogens with one attached hydrogen (secondary N) is 1. The van der Waals surface area contributed by atoms with Crippen molar-refractivity contribution in [3.05, 3.63) is 60.2 Å². The zero-order valence-electron chi connectivity index (χ0n) is 11.5. The minimum atomic E-state index is -0.266. The second-order valence-corrected chi connectivity index (χ2v) is 5.19. The average molecular weight is 249 g/mol. The SMILES string of the molecule is C#CC(C)(C)NCc1ccc(-c2ccccc2)cc1. The van der Waals surface area contributed by atoms with Gasteiger partial charge in [-0.2, -0.15) is 0 Å². The Morgan fingerprint density at radius 2 is 1.53 bits per heavy atom. The predicted octanol–water partition coefficient (Wildman–Crippen LogP) is 3.86. The second kappa shape index (κ2) is 5.73. The first-order valence-corrected chi connectivity index (χ1v) is 6.48. The third kappa shape index (κ3) is 3.71. The van der Waals surface area contributed by atoms with Gasteiger partial charge >= 0.3 is 0 Å². The Hall–Kier alpha value is -2.04. The molecular weight excluding hydrogens is 230 g/mol. The summed E-state index contributed by atoms with van der Waals surface area (Å²) in [7, 11) is 0. The molecule has 0 aliphatic heterocycles. The monoisotopic (exact) mass is 249 g/mol. The van der Waals surface area contributed by atoms with Crippen molar-refractivity contribution in [3.8, 4) is 23.5 Å². The predicted molar refractivity (Wildman–Crippen MR) is 81.6 cm³/mol. The van der Waals surface area contributed by atoms with E-state index in [1.54, 1.807) is 0 Å². The summed E-state index contributed by atoms with van der Waals surface area (Å²) in [6.45, 7) is 4.79. The molecule has 96 valence electrons. The highest BCUT2D eigenvalue weighted by atomic mass is 14.9. The van der Waals surface area contributed by atoms with Gasteiger partial charge in [-0.15, -0.1) is 6.42 Å². The van der Waals surface area contributed by atoms with Crippen LogP contribution in [0.5, 0.6) is 0 Å². The normalized spacial score (nSPS) is 11.0. The summed E-state index contributed by atoms with van der Waals surface area (Å²) in [6.07, 6.45) is 5.46. The molecule has 1 N–H and O–H groups in total. The maximum atomic E-state index is 5.46. The Morgan fingerprint density at radius 3 is 2.11 bits per heavy atom. The van der Waals surface area contributed by atoms with Crippen molar-refractivity contribution in [2.75, 3.05) is 0 Å². The quantitative estimate of drug-likeness (QED) is 0.811. The molecule has 0 bridgehead atoms. The van der Waals surface area contributed by atoms with Crippen LogP contribution in [0.15, 0.2) is 54.6 Å². The van der Waals surface area contributed by atoms with Crippen LogP contribution in [-0.2, 0) is 6.54 Å². The van der Waals surface area contributed by atoms with E-state index in [0.717, 1.165) is 6.54 Å². The van der Waals surface area contributed by atoms with Crippen LogP contribution in [0.1, 0.15) is 19.4 Å². The number of benzene rings is 2. The van der Waals surface area contributed by atoms with E-state index in [2.05, 4.69) is 59.8 Å². The largest absolute Gasteiger partial charge is 0.298 e. The smallest absolute Gasteiger partial charge is 0.0743 e. The van der Waals surface area contributed by atoms with Crippen LogP contribution in [0.4, 0.5) is 0 Å². The van der Waals surface area contributed by atoms with Crippen molar-refractivity contribution in [2.45, 2.75) is 25.9 Å². The highest BCUT2D eigenvalue weighted by Gasteiger charge is 2.11. The Labute approximate surface area is 115 Å². The Kier molecular flexibility index (Phi) is 4.04. The van der Waals surface area contributed by atoms with Gasteiger partial charge in [0.15, 0.2) is 0 Å². The molecule has 0 aliphatic rings. The van der Waals surface area contributed by atoms with Gasteiger partial charge in [0.2, 0.25) is 0 Å². The first-order chi connectivity index (χ1) is 9.11. The first-order valence-electron chi connectivity index (χ1n) is 6.48. The van der Waals surface area contributed by atoms with Gasteiger partial charge in [-0.25, -0.2) is 0 Å². The van der Waals surface area contributed by atoms with Gasteiger partial charge in [-0.3, -0.25) is 5.32 Å². The van der Waals surface area contributed by atoms with Gasteiger partial charge in [0, 0.05) is 6.54 Å². The highest BCUT2D eigenvalue weighted by molar-refractivity contribution is 5.63. The lowest BCUT2D eigenvalue weighted by atomic mass is 10.0. The lowest BCUT2D eigenvalue weighted by Crippen LogP contribution is -2.36. The van der Waals surface area contributed by atoms with Crippen molar-refractivity contribution in [1.29, 1.82) is 0 Å². The lowest BCUT2D eigenvalue weighted by Gasteiger charge is -2.19. The van der Waals surface area contributed by atoms with E-state index in [-0.39, 0.29) is 5.54 Å². The van der Waals surface area contributed by atoms with E-state index >= 15 is 0 Å². The number of rotatable bonds is 4. The topological polar surface area (TPSA) is 12.0 Å². The minimum Gasteiger partial charge on any atom is -0.298 e. The van der Waals surface area contributed by atoms with Crippen LogP contribution in [0.2, 0.25) is 0 Å². The van der Waals surface area contributed by atoms with E-state index in [9.17, 15) is 0 Å². The van der Waals surface area contributed by atoms with Gasteiger partial charge < -0.3 is 0 Å². The number of hydrogen-bond donors (Lipinski definition) is 1. The third-order valence-electron chi connectivity index (χ3n) is 3.16. The second-order valence-electron chi connectivity index (χ2n) is 5.19. The molecule has 1 nitrogen and oxygen atoms in total. The third-order valence-corrected chi connectivity index (χ3v) is 3.16. The number of hydrogen-bond acceptors (Lipinski definition) is 1. The summed E-state index contributed by atoms with van der Waals surface area (Å²) in [6, 6.07) is 19.0. The van der Waals surface area contributed by atoms with E-state index < -0.39 is 0 Å². The summed E-state index contributed by atoms with van der Waals surface area (Å²) < 4.78 is 0. The fourth-order valence-electron chi connectivity index (χ4n) is 1.82. The molecule has 0 saturated carbocycles. The highest BCUT2D eigenvalue weighted by Crippen LogP contribution is 2.19. The molecule has 2 aromatic rings. The summed E-state index contributed by atoms with van der Waals surface area (Å²) in [5, 5.41) is 3.35. The van der Waals surface area contributed by atoms with Crippen molar-refractivity contribution in [1.82, 2.24) is 5.32 Å². The van der Waals surface area contributed by atoms with Crippen molar-refractivity contribution >= 4 is 0 Å². The minimum absolute atomic E-state index is 0.266. The molecule has 0 heterocycles. The van der Waals surface area contributed by atoms with E-state index in [0.29, 0.717) is 0 Å². The molecule has 0 aliphatic carbocycles. The zero-order chi connectivity index (χ0) is 13.7. The summed E-state index contributed by atoms with van der Waals surface area (Å²) in [4.78, 5) is 0.